The van der Waals surface area contributed by atoms with E-state index in [0.29, 0.717) is 0 Å². The van der Waals surface area contributed by atoms with Crippen LogP contribution in [0.1, 0.15) is 12.5 Å². The van der Waals surface area contributed by atoms with Gasteiger partial charge in [0.2, 0.25) is 0 Å². The number of anilines is 1. The van der Waals surface area contributed by atoms with Crippen molar-refractivity contribution in [3.63, 3.8) is 0 Å². The number of nitro benzene ring substituents is 1. The van der Waals surface area contributed by atoms with Crippen molar-refractivity contribution in [3.05, 3.63) is 68.7 Å². The molecular weight excluding hydrogens is 322 g/mol. The molecule has 0 aliphatic rings. The van der Waals surface area contributed by atoms with Gasteiger partial charge in [-0.05, 0) is 42.8 Å². The molecule has 102 valence electrons. The Hall–Kier alpha value is -2.21. The number of hydrogen-bond acceptors (Lipinski definition) is 4. The van der Waals surface area contributed by atoms with Crippen LogP contribution in [0.4, 0.5) is 11.4 Å². The van der Waals surface area contributed by atoms with Gasteiger partial charge < -0.3 is 0 Å². The number of nitrogens with one attached hydrogen (secondary N) is 1. The van der Waals surface area contributed by atoms with Gasteiger partial charge in [0, 0.05) is 16.6 Å². The fourth-order valence-corrected chi connectivity index (χ4v) is 1.99. The molecule has 0 saturated heterocycles. The van der Waals surface area contributed by atoms with Crippen LogP contribution in [0.5, 0.6) is 0 Å². The lowest BCUT2D eigenvalue weighted by Gasteiger charge is -2.04. The second-order valence-electron chi connectivity index (χ2n) is 4.12. The van der Waals surface area contributed by atoms with Gasteiger partial charge in [0.1, 0.15) is 0 Å². The van der Waals surface area contributed by atoms with Gasteiger partial charge in [-0.1, -0.05) is 22.0 Å². The average Bonchev–Trinajstić information content (AvgIpc) is 2.45. The molecule has 0 atom stereocenters. The van der Waals surface area contributed by atoms with E-state index >= 15 is 0 Å². The molecule has 0 heterocycles. The summed E-state index contributed by atoms with van der Waals surface area (Å²) in [6.45, 7) is 1.84. The zero-order chi connectivity index (χ0) is 14.5. The summed E-state index contributed by atoms with van der Waals surface area (Å²) in [6.07, 6.45) is 0. The van der Waals surface area contributed by atoms with E-state index in [0.717, 1.165) is 21.4 Å². The van der Waals surface area contributed by atoms with E-state index in [4.69, 9.17) is 0 Å². The van der Waals surface area contributed by atoms with Crippen LogP contribution in [0.15, 0.2) is 58.1 Å². The highest BCUT2D eigenvalue weighted by atomic mass is 79.9. The highest BCUT2D eigenvalue weighted by Crippen LogP contribution is 2.16. The minimum atomic E-state index is -0.421. The number of nitro groups is 1. The summed E-state index contributed by atoms with van der Waals surface area (Å²) in [5.74, 6) is 0. The van der Waals surface area contributed by atoms with Crippen LogP contribution >= 0.6 is 15.9 Å². The smallest absolute Gasteiger partial charge is 0.269 e. The first kappa shape index (κ1) is 14.2. The third-order valence-electron chi connectivity index (χ3n) is 2.67. The van der Waals surface area contributed by atoms with E-state index in [1.807, 2.05) is 31.2 Å². The van der Waals surface area contributed by atoms with Crippen molar-refractivity contribution in [1.29, 1.82) is 0 Å². The lowest BCUT2D eigenvalue weighted by Crippen LogP contribution is -2.00. The van der Waals surface area contributed by atoms with Crippen LogP contribution in [0.3, 0.4) is 0 Å². The predicted octanol–water partition coefficient (Wildman–Crippen LogP) is 4.19. The first-order chi connectivity index (χ1) is 9.56. The minimum Gasteiger partial charge on any atom is -0.278 e. The lowest BCUT2D eigenvalue weighted by molar-refractivity contribution is -0.384. The fraction of sp³-hybridized carbons (Fsp3) is 0.0714. The van der Waals surface area contributed by atoms with Crippen molar-refractivity contribution in [3.8, 4) is 0 Å². The molecule has 20 heavy (non-hydrogen) atoms. The molecule has 0 spiro atoms. The van der Waals surface area contributed by atoms with Crippen LogP contribution in [0.25, 0.3) is 0 Å². The Bertz CT molecular complexity index is 654. The number of rotatable bonds is 4. The summed E-state index contributed by atoms with van der Waals surface area (Å²) in [6, 6.07) is 13.9. The summed E-state index contributed by atoms with van der Waals surface area (Å²) < 4.78 is 0.964. The molecule has 0 aromatic heterocycles. The van der Waals surface area contributed by atoms with Crippen LogP contribution in [0.2, 0.25) is 0 Å². The van der Waals surface area contributed by atoms with Gasteiger partial charge in [0.25, 0.3) is 5.69 Å². The Kier molecular flexibility index (Phi) is 4.47. The number of nitrogens with zero attached hydrogens (tertiary/aromatic N) is 2. The molecule has 0 unspecified atom stereocenters. The fourth-order valence-electron chi connectivity index (χ4n) is 1.60. The number of hydrogen-bond donors (Lipinski definition) is 1. The average molecular weight is 334 g/mol. The summed E-state index contributed by atoms with van der Waals surface area (Å²) in [4.78, 5) is 10.2. The quantitative estimate of drug-likeness (QED) is 0.518. The summed E-state index contributed by atoms with van der Waals surface area (Å²) in [5, 5.41) is 14.8. The Morgan fingerprint density at radius 1 is 1.25 bits per heavy atom. The van der Waals surface area contributed by atoms with Gasteiger partial charge in [-0.2, -0.15) is 5.10 Å². The maximum atomic E-state index is 10.6. The van der Waals surface area contributed by atoms with E-state index in [1.54, 1.807) is 12.1 Å². The summed E-state index contributed by atoms with van der Waals surface area (Å²) >= 11 is 3.38. The number of halogens is 1. The van der Waals surface area contributed by atoms with Gasteiger partial charge in [-0.15, -0.1) is 0 Å². The van der Waals surface area contributed by atoms with E-state index in [-0.39, 0.29) is 5.69 Å². The Morgan fingerprint density at radius 2 is 1.95 bits per heavy atom. The number of hydrazone groups is 1. The van der Waals surface area contributed by atoms with Gasteiger partial charge in [0.05, 0.1) is 16.3 Å². The van der Waals surface area contributed by atoms with E-state index < -0.39 is 4.92 Å². The zero-order valence-corrected chi connectivity index (χ0v) is 12.3. The maximum absolute atomic E-state index is 10.6. The molecule has 0 aliphatic carbocycles. The molecule has 0 aliphatic heterocycles. The van der Waals surface area contributed by atoms with Gasteiger partial charge >= 0.3 is 0 Å². The molecule has 2 rings (SSSR count). The first-order valence-electron chi connectivity index (χ1n) is 5.87. The Morgan fingerprint density at radius 3 is 2.55 bits per heavy atom. The number of non-ortho nitro benzene ring substituents is 1. The van der Waals surface area contributed by atoms with Crippen LogP contribution < -0.4 is 5.43 Å². The summed E-state index contributed by atoms with van der Waals surface area (Å²) in [5.41, 5.74) is 5.46. The topological polar surface area (TPSA) is 67.5 Å². The van der Waals surface area contributed by atoms with E-state index in [9.17, 15) is 10.1 Å². The zero-order valence-electron chi connectivity index (χ0n) is 10.7. The highest BCUT2D eigenvalue weighted by Gasteiger charge is 2.05. The molecule has 0 saturated carbocycles. The molecule has 0 bridgehead atoms. The first-order valence-corrected chi connectivity index (χ1v) is 6.66. The van der Waals surface area contributed by atoms with E-state index in [2.05, 4.69) is 26.5 Å². The van der Waals surface area contributed by atoms with Crippen LogP contribution in [-0.4, -0.2) is 10.6 Å². The summed E-state index contributed by atoms with van der Waals surface area (Å²) in [7, 11) is 0. The highest BCUT2D eigenvalue weighted by molar-refractivity contribution is 9.10. The molecule has 2 aromatic carbocycles. The van der Waals surface area contributed by atoms with Gasteiger partial charge in [0.15, 0.2) is 0 Å². The normalized spacial score (nSPS) is 11.2. The van der Waals surface area contributed by atoms with Crippen molar-refractivity contribution >= 4 is 33.0 Å². The predicted molar refractivity (Wildman–Crippen MR) is 83.1 cm³/mol. The minimum absolute atomic E-state index is 0.0708. The van der Waals surface area contributed by atoms with E-state index in [1.165, 1.54) is 12.1 Å². The second kappa shape index (κ2) is 6.29. The third kappa shape index (κ3) is 3.64. The monoisotopic (exact) mass is 333 g/mol. The van der Waals surface area contributed by atoms with Crippen LogP contribution in [0, 0.1) is 10.1 Å². The van der Waals surface area contributed by atoms with Crippen molar-refractivity contribution in [2.24, 2.45) is 5.10 Å². The molecule has 5 nitrogen and oxygen atoms in total. The molecule has 1 N–H and O–H groups in total. The molecule has 0 fully saturated rings. The van der Waals surface area contributed by atoms with Crippen LogP contribution in [-0.2, 0) is 0 Å². The SMILES string of the molecule is C/C(=N/Nc1cccc(Br)c1)c1ccc([N+](=O)[O-])cc1. The molecule has 6 heteroatoms. The maximum Gasteiger partial charge on any atom is 0.269 e. The van der Waals surface area contributed by atoms with Crippen molar-refractivity contribution in [2.75, 3.05) is 5.43 Å². The largest absolute Gasteiger partial charge is 0.278 e. The lowest BCUT2D eigenvalue weighted by atomic mass is 10.1. The molecule has 0 radical (unpaired) electrons. The second-order valence-corrected chi connectivity index (χ2v) is 5.04. The third-order valence-corrected chi connectivity index (χ3v) is 3.17. The van der Waals surface area contributed by atoms with Gasteiger partial charge in [-0.3, -0.25) is 15.5 Å². The molecule has 0 amide bonds. The molecular formula is C14H12BrN3O2. The molecule has 2 aromatic rings. The Balaban J connectivity index is 2.12. The van der Waals surface area contributed by atoms with Crippen molar-refractivity contribution < 1.29 is 4.92 Å². The standard InChI is InChI=1S/C14H12BrN3O2/c1-10(11-5-7-14(8-6-11)18(19)20)16-17-13-4-2-3-12(15)9-13/h2-9,17H,1H3/b16-10-. The van der Waals surface area contributed by atoms with Gasteiger partial charge in [-0.25, -0.2) is 0 Å². The van der Waals surface area contributed by atoms with Crippen molar-refractivity contribution in [2.45, 2.75) is 6.92 Å². The Labute approximate surface area is 124 Å². The van der Waals surface area contributed by atoms with Crippen molar-refractivity contribution in [1.82, 2.24) is 0 Å². The number of benzene rings is 2.